The molecular formula is C30H37NO5S. The highest BCUT2D eigenvalue weighted by Gasteiger charge is 2.55. The Labute approximate surface area is 223 Å². The first-order valence-electron chi connectivity index (χ1n) is 13.1. The second-order valence-electron chi connectivity index (χ2n) is 10.4. The zero-order valence-electron chi connectivity index (χ0n) is 21.8. The van der Waals surface area contributed by atoms with E-state index in [1.165, 1.54) is 16.2 Å². The zero-order chi connectivity index (χ0) is 26.7. The van der Waals surface area contributed by atoms with Crippen LogP contribution in [0, 0.1) is 23.7 Å². The van der Waals surface area contributed by atoms with Crippen molar-refractivity contribution in [2.45, 2.75) is 59.1 Å². The number of fused-ring (bicyclic) bond motifs is 1. The van der Waals surface area contributed by atoms with E-state index in [-0.39, 0.29) is 36.6 Å². The zero-order valence-corrected chi connectivity index (χ0v) is 22.6. The Bertz CT molecular complexity index is 1180. The number of rotatable bonds is 10. The maximum absolute atomic E-state index is 13.5. The number of phenolic OH excluding ortho intramolecular Hbond substituents is 1. The Balaban J connectivity index is 1.57. The number of aliphatic hydroxyl groups excluding tert-OH is 2. The van der Waals surface area contributed by atoms with E-state index in [1.807, 2.05) is 43.5 Å². The number of thiophene rings is 1. The predicted octanol–water partition coefficient (Wildman–Crippen LogP) is 5.15. The van der Waals surface area contributed by atoms with Gasteiger partial charge in [0.25, 0.3) is 0 Å². The molecular weight excluding hydrogens is 486 g/mol. The minimum atomic E-state index is -0.816. The maximum atomic E-state index is 13.5. The van der Waals surface area contributed by atoms with Crippen LogP contribution in [0.5, 0.6) is 5.75 Å². The average molecular weight is 524 g/mol. The topological polar surface area (TPSA) is 98.1 Å². The first kappa shape index (κ1) is 27.3. The predicted molar refractivity (Wildman–Crippen MR) is 146 cm³/mol. The number of aromatic hydroxyl groups is 1. The molecule has 1 saturated heterocycles. The van der Waals surface area contributed by atoms with E-state index in [2.05, 4.69) is 6.92 Å². The van der Waals surface area contributed by atoms with Crippen molar-refractivity contribution in [1.29, 1.82) is 0 Å². The summed E-state index contributed by atoms with van der Waals surface area (Å²) in [5.74, 6) is -1.82. The lowest BCUT2D eigenvalue weighted by atomic mass is 9.66. The fourth-order valence-corrected chi connectivity index (χ4v) is 6.60. The molecule has 0 radical (unpaired) electrons. The second-order valence-corrected chi connectivity index (χ2v) is 11.4. The molecule has 2 aliphatic rings. The lowest BCUT2D eigenvalue weighted by Gasteiger charge is -2.38. The fraction of sp³-hybridized carbons (Fsp3) is 0.467. The van der Waals surface area contributed by atoms with Crippen LogP contribution in [0.1, 0.15) is 56.9 Å². The summed E-state index contributed by atoms with van der Waals surface area (Å²) in [4.78, 5) is 29.1. The number of allylic oxidation sites excluding steroid dienone is 2. The Morgan fingerprint density at radius 1 is 1.19 bits per heavy atom. The van der Waals surface area contributed by atoms with E-state index in [0.29, 0.717) is 19.3 Å². The number of imide groups is 1. The van der Waals surface area contributed by atoms with Gasteiger partial charge in [0, 0.05) is 10.8 Å². The van der Waals surface area contributed by atoms with E-state index in [0.717, 1.165) is 33.6 Å². The van der Waals surface area contributed by atoms with E-state index in [1.54, 1.807) is 18.2 Å². The third-order valence-corrected chi connectivity index (χ3v) is 8.65. The number of carbonyl (C=O) groups excluding carboxylic acids is 2. The quantitative estimate of drug-likeness (QED) is 0.295. The number of nitrogens with zero attached hydrogens (tertiary/aromatic N) is 1. The van der Waals surface area contributed by atoms with Crippen molar-refractivity contribution in [3.05, 3.63) is 68.9 Å². The smallest absolute Gasteiger partial charge is 0.234 e. The highest BCUT2D eigenvalue weighted by atomic mass is 32.1. The summed E-state index contributed by atoms with van der Waals surface area (Å²) < 4.78 is 0. The molecule has 2 heterocycles. The number of carbonyl (C=O) groups is 2. The molecule has 3 N–H and O–H groups in total. The van der Waals surface area contributed by atoms with E-state index >= 15 is 0 Å². The Morgan fingerprint density at radius 3 is 2.59 bits per heavy atom. The van der Waals surface area contributed by atoms with E-state index in [4.69, 9.17) is 0 Å². The standard InChI is InChI=1S/C30H37NO5S/c1-4-19(13-20-7-5-8-21(33)14-20)10-11-26(34)27-23(18(2)3)15-24-28(25(27)17-32)30(36)31(29(24)35)16-22-9-6-12-37-22/h5-9,12-14,18,24-26,28,32-34H,4,10-11,15-17H2,1-3H3/b19-13+/t24-,25+,26-,28-/m1/s1. The lowest BCUT2D eigenvalue weighted by Crippen LogP contribution is -2.39. The fourth-order valence-electron chi connectivity index (χ4n) is 5.90. The summed E-state index contributed by atoms with van der Waals surface area (Å²) in [6.07, 6.45) is 3.56. The van der Waals surface area contributed by atoms with Crippen molar-refractivity contribution in [3.63, 3.8) is 0 Å². The van der Waals surface area contributed by atoms with Gasteiger partial charge in [-0.25, -0.2) is 0 Å². The number of amides is 2. The molecule has 0 spiro atoms. The van der Waals surface area contributed by atoms with E-state index < -0.39 is 23.9 Å². The van der Waals surface area contributed by atoms with Crippen LogP contribution in [0.2, 0.25) is 0 Å². The van der Waals surface area contributed by atoms with Crippen LogP contribution in [-0.4, -0.2) is 44.7 Å². The molecule has 2 amide bonds. The highest BCUT2D eigenvalue weighted by Crippen LogP contribution is 2.48. The number of likely N-dealkylation sites (tertiary alicyclic amines) is 1. The van der Waals surface area contributed by atoms with E-state index in [9.17, 15) is 24.9 Å². The van der Waals surface area contributed by atoms with Gasteiger partial charge in [-0.1, -0.05) is 56.2 Å². The summed E-state index contributed by atoms with van der Waals surface area (Å²) in [5.41, 5.74) is 3.77. The van der Waals surface area contributed by atoms with Crippen LogP contribution in [0.3, 0.4) is 0 Å². The van der Waals surface area contributed by atoms with Gasteiger partial charge >= 0.3 is 0 Å². The molecule has 0 bridgehead atoms. The third kappa shape index (κ3) is 5.74. The normalized spacial score (nSPS) is 23.2. The molecule has 0 saturated carbocycles. The molecule has 4 atom stereocenters. The van der Waals surface area contributed by atoms with Crippen LogP contribution in [0.25, 0.3) is 6.08 Å². The van der Waals surface area contributed by atoms with Crippen molar-refractivity contribution >= 4 is 29.2 Å². The molecule has 0 unspecified atom stereocenters. The van der Waals surface area contributed by atoms with Crippen molar-refractivity contribution in [2.75, 3.05) is 6.61 Å². The number of hydrogen-bond acceptors (Lipinski definition) is 6. The van der Waals surface area contributed by atoms with Crippen molar-refractivity contribution in [2.24, 2.45) is 23.7 Å². The molecule has 1 aliphatic carbocycles. The largest absolute Gasteiger partial charge is 0.508 e. The summed E-state index contributed by atoms with van der Waals surface area (Å²) in [6, 6.07) is 10.9. The van der Waals surface area contributed by atoms with Gasteiger partial charge in [0.05, 0.1) is 31.1 Å². The van der Waals surface area contributed by atoms with Crippen LogP contribution in [0.4, 0.5) is 0 Å². The van der Waals surface area contributed by atoms with Gasteiger partial charge in [0.15, 0.2) is 0 Å². The molecule has 1 fully saturated rings. The van der Waals surface area contributed by atoms with Gasteiger partial charge in [-0.05, 0) is 66.3 Å². The number of benzene rings is 1. The van der Waals surface area contributed by atoms with Gasteiger partial charge in [0.1, 0.15) is 5.75 Å². The first-order chi connectivity index (χ1) is 17.7. The van der Waals surface area contributed by atoms with Crippen LogP contribution >= 0.6 is 11.3 Å². The van der Waals surface area contributed by atoms with Crippen LogP contribution < -0.4 is 0 Å². The number of phenols is 1. The van der Waals surface area contributed by atoms with Crippen molar-refractivity contribution in [3.8, 4) is 5.75 Å². The molecule has 1 aromatic carbocycles. The molecule has 1 aromatic heterocycles. The molecule has 37 heavy (non-hydrogen) atoms. The summed E-state index contributed by atoms with van der Waals surface area (Å²) in [5, 5.41) is 33.6. The minimum absolute atomic E-state index is 0.0855. The summed E-state index contributed by atoms with van der Waals surface area (Å²) >= 11 is 1.51. The summed E-state index contributed by atoms with van der Waals surface area (Å²) in [7, 11) is 0. The van der Waals surface area contributed by atoms with Crippen molar-refractivity contribution in [1.82, 2.24) is 4.90 Å². The van der Waals surface area contributed by atoms with Crippen LogP contribution in [0.15, 0.2) is 58.5 Å². The Hall–Kier alpha value is -2.74. The molecule has 2 aromatic rings. The van der Waals surface area contributed by atoms with Gasteiger partial charge < -0.3 is 15.3 Å². The average Bonchev–Trinajstić information content (AvgIpc) is 3.48. The first-order valence-corrected chi connectivity index (χ1v) is 14.0. The molecule has 1 aliphatic heterocycles. The molecule has 6 nitrogen and oxygen atoms in total. The van der Waals surface area contributed by atoms with Gasteiger partial charge in [-0.15, -0.1) is 11.3 Å². The van der Waals surface area contributed by atoms with Gasteiger partial charge in [-0.3, -0.25) is 14.5 Å². The number of hydrogen-bond donors (Lipinski definition) is 3. The molecule has 198 valence electrons. The number of aliphatic hydroxyl groups is 2. The lowest BCUT2D eigenvalue weighted by molar-refractivity contribution is -0.140. The SMILES string of the molecule is CC/C(=C\c1cccc(O)c1)CC[C@@H](O)C1=C(C(C)C)C[C@H]2C(=O)N(Cc3cccs3)C(=O)[C@H]2[C@H]1CO. The third-order valence-electron chi connectivity index (χ3n) is 7.79. The molecule has 7 heteroatoms. The maximum Gasteiger partial charge on any atom is 0.234 e. The monoisotopic (exact) mass is 523 g/mol. The molecule has 4 rings (SSSR count). The highest BCUT2D eigenvalue weighted by molar-refractivity contribution is 7.09. The van der Waals surface area contributed by atoms with Gasteiger partial charge in [0.2, 0.25) is 11.8 Å². The Kier molecular flexibility index (Phi) is 8.67. The van der Waals surface area contributed by atoms with Crippen molar-refractivity contribution < 1.29 is 24.9 Å². The Morgan fingerprint density at radius 2 is 1.97 bits per heavy atom. The minimum Gasteiger partial charge on any atom is -0.508 e. The van der Waals surface area contributed by atoms with Crippen LogP contribution in [-0.2, 0) is 16.1 Å². The van der Waals surface area contributed by atoms with Gasteiger partial charge in [-0.2, -0.15) is 0 Å². The second kappa shape index (κ2) is 11.8. The summed E-state index contributed by atoms with van der Waals surface area (Å²) in [6.45, 7) is 6.12.